The number of halogens is 1. The molecule has 0 saturated carbocycles. The zero-order valence-corrected chi connectivity index (χ0v) is 11.4. The van der Waals surface area contributed by atoms with Crippen LogP contribution in [0.1, 0.15) is 42.6 Å². The molecule has 1 N–H and O–H groups in total. The summed E-state index contributed by atoms with van der Waals surface area (Å²) in [6.07, 6.45) is 1.95. The number of carbonyl (C=O) groups is 1. The monoisotopic (exact) mass is 283 g/mol. The quantitative estimate of drug-likeness (QED) is 0.824. The van der Waals surface area contributed by atoms with E-state index in [0.717, 1.165) is 23.7 Å². The number of amides is 1. The smallest absolute Gasteiger partial charge is 0.251 e. The van der Waals surface area contributed by atoms with Gasteiger partial charge >= 0.3 is 0 Å². The summed E-state index contributed by atoms with van der Waals surface area (Å²) < 4.78 is 0. The van der Waals surface area contributed by atoms with Crippen molar-refractivity contribution >= 4 is 21.8 Å². The minimum Gasteiger partial charge on any atom is -0.349 e. The Kier molecular flexibility index (Phi) is 5.53. The Morgan fingerprint density at radius 3 is 2.25 bits per heavy atom. The van der Waals surface area contributed by atoms with Crippen LogP contribution in [0.25, 0.3) is 0 Å². The van der Waals surface area contributed by atoms with Crippen molar-refractivity contribution in [2.24, 2.45) is 0 Å². The second-order valence-electron chi connectivity index (χ2n) is 3.82. The summed E-state index contributed by atoms with van der Waals surface area (Å²) in [4.78, 5) is 11.8. The van der Waals surface area contributed by atoms with Crippen molar-refractivity contribution in [3.8, 4) is 0 Å². The summed E-state index contributed by atoms with van der Waals surface area (Å²) in [5, 5.41) is 3.84. The molecule has 0 unspecified atom stereocenters. The maximum absolute atomic E-state index is 11.8. The molecule has 0 radical (unpaired) electrons. The zero-order valence-electron chi connectivity index (χ0n) is 9.79. The lowest BCUT2D eigenvalue weighted by Gasteiger charge is -2.14. The molecular formula is C13H18BrNO. The third kappa shape index (κ3) is 3.63. The van der Waals surface area contributed by atoms with Gasteiger partial charge in [0.05, 0.1) is 0 Å². The van der Waals surface area contributed by atoms with Crippen LogP contribution in [0.5, 0.6) is 0 Å². The first kappa shape index (κ1) is 13.2. The van der Waals surface area contributed by atoms with Crippen LogP contribution in [0.4, 0.5) is 0 Å². The Labute approximate surface area is 106 Å². The maximum Gasteiger partial charge on any atom is 0.251 e. The fraction of sp³-hybridized carbons (Fsp3) is 0.462. The molecule has 1 amide bonds. The Hall–Kier alpha value is -0.830. The van der Waals surface area contributed by atoms with E-state index >= 15 is 0 Å². The molecule has 16 heavy (non-hydrogen) atoms. The average Bonchev–Trinajstić information content (AvgIpc) is 2.35. The van der Waals surface area contributed by atoms with Crippen molar-refractivity contribution in [3.63, 3.8) is 0 Å². The van der Waals surface area contributed by atoms with Crippen molar-refractivity contribution < 1.29 is 4.79 Å². The van der Waals surface area contributed by atoms with E-state index in [9.17, 15) is 4.79 Å². The van der Waals surface area contributed by atoms with E-state index in [4.69, 9.17) is 0 Å². The van der Waals surface area contributed by atoms with Crippen molar-refractivity contribution in [2.75, 3.05) is 0 Å². The lowest BCUT2D eigenvalue weighted by atomic mass is 10.1. The number of hydrogen-bond donors (Lipinski definition) is 1. The molecule has 88 valence electrons. The van der Waals surface area contributed by atoms with Gasteiger partial charge in [0.2, 0.25) is 0 Å². The van der Waals surface area contributed by atoms with E-state index in [1.807, 2.05) is 24.3 Å². The van der Waals surface area contributed by atoms with Crippen molar-refractivity contribution in [2.45, 2.75) is 38.1 Å². The number of rotatable bonds is 5. The molecule has 0 aliphatic rings. The molecule has 0 bridgehead atoms. The first-order chi connectivity index (χ1) is 7.71. The Morgan fingerprint density at radius 1 is 1.25 bits per heavy atom. The van der Waals surface area contributed by atoms with Gasteiger partial charge in [0.25, 0.3) is 5.91 Å². The minimum absolute atomic E-state index is 0.0230. The minimum atomic E-state index is 0.0230. The van der Waals surface area contributed by atoms with Gasteiger partial charge in [-0.2, -0.15) is 0 Å². The van der Waals surface area contributed by atoms with Crippen molar-refractivity contribution in [1.82, 2.24) is 5.32 Å². The molecule has 0 fully saturated rings. The van der Waals surface area contributed by atoms with Gasteiger partial charge in [-0.3, -0.25) is 4.79 Å². The Balaban J connectivity index is 2.65. The molecule has 1 aromatic carbocycles. The van der Waals surface area contributed by atoms with Crippen molar-refractivity contribution in [3.05, 3.63) is 35.4 Å². The summed E-state index contributed by atoms with van der Waals surface area (Å²) in [6.45, 7) is 4.17. The van der Waals surface area contributed by atoms with Gasteiger partial charge in [0.1, 0.15) is 0 Å². The lowest BCUT2D eigenvalue weighted by molar-refractivity contribution is 0.0935. The molecule has 0 saturated heterocycles. The molecule has 0 heterocycles. The predicted molar refractivity (Wildman–Crippen MR) is 70.9 cm³/mol. The average molecular weight is 284 g/mol. The third-order valence-corrected chi connectivity index (χ3v) is 3.34. The second-order valence-corrected chi connectivity index (χ2v) is 4.38. The summed E-state index contributed by atoms with van der Waals surface area (Å²) in [5.41, 5.74) is 1.91. The van der Waals surface area contributed by atoms with E-state index in [1.165, 1.54) is 5.56 Å². The van der Waals surface area contributed by atoms with E-state index in [0.29, 0.717) is 0 Å². The SMILES string of the molecule is CCC(CC)NC(=O)c1ccc(CBr)cc1. The molecule has 0 aromatic heterocycles. The van der Waals surface area contributed by atoms with Crippen LogP contribution < -0.4 is 5.32 Å². The van der Waals surface area contributed by atoms with Gasteiger partial charge in [-0.05, 0) is 30.5 Å². The highest BCUT2D eigenvalue weighted by molar-refractivity contribution is 9.08. The predicted octanol–water partition coefficient (Wildman–Crippen LogP) is 3.50. The lowest BCUT2D eigenvalue weighted by Crippen LogP contribution is -2.33. The van der Waals surface area contributed by atoms with E-state index < -0.39 is 0 Å². The van der Waals surface area contributed by atoms with Crippen LogP contribution >= 0.6 is 15.9 Å². The number of hydrogen-bond acceptors (Lipinski definition) is 1. The van der Waals surface area contributed by atoms with Gasteiger partial charge in [-0.25, -0.2) is 0 Å². The summed E-state index contributed by atoms with van der Waals surface area (Å²) in [7, 11) is 0. The van der Waals surface area contributed by atoms with Crippen LogP contribution in [0.2, 0.25) is 0 Å². The highest BCUT2D eigenvalue weighted by atomic mass is 79.9. The maximum atomic E-state index is 11.8. The van der Waals surface area contributed by atoms with Gasteiger partial charge in [0.15, 0.2) is 0 Å². The highest BCUT2D eigenvalue weighted by Gasteiger charge is 2.09. The summed E-state index contributed by atoms with van der Waals surface area (Å²) in [6, 6.07) is 7.96. The molecule has 1 aromatic rings. The number of nitrogens with one attached hydrogen (secondary N) is 1. The van der Waals surface area contributed by atoms with E-state index in [-0.39, 0.29) is 11.9 Å². The standard InChI is InChI=1S/C13H18BrNO/c1-3-12(4-2)15-13(16)11-7-5-10(9-14)6-8-11/h5-8,12H,3-4,9H2,1-2H3,(H,15,16). The third-order valence-electron chi connectivity index (χ3n) is 2.69. The highest BCUT2D eigenvalue weighted by Crippen LogP contribution is 2.08. The number of alkyl halides is 1. The molecule has 2 nitrogen and oxygen atoms in total. The first-order valence-electron chi connectivity index (χ1n) is 5.67. The molecule has 0 spiro atoms. The number of benzene rings is 1. The Morgan fingerprint density at radius 2 is 1.81 bits per heavy atom. The van der Waals surface area contributed by atoms with Gasteiger partial charge in [0, 0.05) is 16.9 Å². The zero-order chi connectivity index (χ0) is 12.0. The molecule has 0 aliphatic carbocycles. The molecule has 0 atom stereocenters. The topological polar surface area (TPSA) is 29.1 Å². The largest absolute Gasteiger partial charge is 0.349 e. The van der Waals surface area contributed by atoms with Crippen LogP contribution in [-0.2, 0) is 5.33 Å². The van der Waals surface area contributed by atoms with Crippen LogP contribution in [0.15, 0.2) is 24.3 Å². The summed E-state index contributed by atoms with van der Waals surface area (Å²) >= 11 is 3.38. The van der Waals surface area contributed by atoms with E-state index in [2.05, 4.69) is 35.1 Å². The fourth-order valence-electron chi connectivity index (χ4n) is 1.51. The van der Waals surface area contributed by atoms with Crippen LogP contribution in [0.3, 0.4) is 0 Å². The van der Waals surface area contributed by atoms with Crippen molar-refractivity contribution in [1.29, 1.82) is 0 Å². The van der Waals surface area contributed by atoms with Gasteiger partial charge in [-0.1, -0.05) is 41.9 Å². The van der Waals surface area contributed by atoms with Gasteiger partial charge < -0.3 is 5.32 Å². The first-order valence-corrected chi connectivity index (χ1v) is 6.79. The molecule has 1 rings (SSSR count). The molecule has 3 heteroatoms. The van der Waals surface area contributed by atoms with E-state index in [1.54, 1.807) is 0 Å². The molecule has 0 aliphatic heterocycles. The second kappa shape index (κ2) is 6.69. The van der Waals surface area contributed by atoms with Gasteiger partial charge in [-0.15, -0.1) is 0 Å². The van der Waals surface area contributed by atoms with Crippen LogP contribution in [-0.4, -0.2) is 11.9 Å². The molecular weight excluding hydrogens is 266 g/mol. The number of carbonyl (C=O) groups excluding carboxylic acids is 1. The Bertz CT molecular complexity index is 330. The normalized spacial score (nSPS) is 10.5. The fourth-order valence-corrected chi connectivity index (χ4v) is 1.88. The summed E-state index contributed by atoms with van der Waals surface area (Å²) in [5.74, 6) is 0.0230. The van der Waals surface area contributed by atoms with Crippen LogP contribution in [0, 0.1) is 0 Å².